The lowest BCUT2D eigenvalue weighted by molar-refractivity contribution is -0.306. The van der Waals surface area contributed by atoms with Crippen molar-refractivity contribution in [2.45, 2.75) is 19.9 Å². The lowest BCUT2D eigenvalue weighted by atomic mass is 10.2. The van der Waals surface area contributed by atoms with Crippen LogP contribution < -0.4 is 16.4 Å². The first-order valence-electron chi connectivity index (χ1n) is 4.24. The van der Waals surface area contributed by atoms with E-state index in [-0.39, 0.29) is 5.69 Å². The number of aryl methyl sites for hydroxylation is 1. The molecular weight excluding hydrogens is 184 g/mol. The molecule has 1 aromatic rings. The molecule has 5 heteroatoms. The number of hydrogen-bond acceptors (Lipinski definition) is 4. The number of anilines is 1. The van der Waals surface area contributed by atoms with Gasteiger partial charge in [0.25, 0.3) is 5.56 Å². The first kappa shape index (κ1) is 10.3. The van der Waals surface area contributed by atoms with E-state index in [0.717, 1.165) is 4.57 Å². The fourth-order valence-corrected chi connectivity index (χ4v) is 1.24. The molecule has 1 heterocycles. The first-order chi connectivity index (χ1) is 6.56. The number of carboxylic acids is 1. The number of rotatable bonds is 3. The van der Waals surface area contributed by atoms with E-state index in [1.165, 1.54) is 6.07 Å². The molecule has 0 radical (unpaired) electrons. The van der Waals surface area contributed by atoms with E-state index >= 15 is 0 Å². The number of carboxylic acid groups (broad SMARTS) is 1. The SMILES string of the molecule is CCc1ccc(N)c(=O)n1CC(=O)[O-]. The summed E-state index contributed by atoms with van der Waals surface area (Å²) in [5.74, 6) is -1.30. The van der Waals surface area contributed by atoms with Gasteiger partial charge in [-0.3, -0.25) is 4.79 Å². The fourth-order valence-electron chi connectivity index (χ4n) is 1.24. The smallest absolute Gasteiger partial charge is 0.274 e. The van der Waals surface area contributed by atoms with E-state index < -0.39 is 18.1 Å². The lowest BCUT2D eigenvalue weighted by Gasteiger charge is -2.12. The molecule has 0 aliphatic carbocycles. The zero-order valence-corrected chi connectivity index (χ0v) is 7.82. The predicted octanol–water partition coefficient (Wildman–Crippen LogP) is -1.26. The van der Waals surface area contributed by atoms with E-state index in [1.807, 2.05) is 6.92 Å². The van der Waals surface area contributed by atoms with Crippen molar-refractivity contribution in [3.8, 4) is 0 Å². The largest absolute Gasteiger partial charge is 0.548 e. The van der Waals surface area contributed by atoms with Crippen LogP contribution in [0.2, 0.25) is 0 Å². The Balaban J connectivity index is 3.28. The third-order valence-electron chi connectivity index (χ3n) is 1.94. The van der Waals surface area contributed by atoms with Crippen molar-refractivity contribution in [3.05, 3.63) is 28.2 Å². The summed E-state index contributed by atoms with van der Waals surface area (Å²) >= 11 is 0. The van der Waals surface area contributed by atoms with E-state index in [0.29, 0.717) is 12.1 Å². The Morgan fingerprint density at radius 3 is 2.71 bits per heavy atom. The second-order valence-corrected chi connectivity index (χ2v) is 2.90. The minimum atomic E-state index is -1.30. The van der Waals surface area contributed by atoms with Gasteiger partial charge in [0, 0.05) is 5.69 Å². The van der Waals surface area contributed by atoms with Gasteiger partial charge in [-0.1, -0.05) is 6.92 Å². The van der Waals surface area contributed by atoms with Crippen molar-refractivity contribution in [1.29, 1.82) is 0 Å². The van der Waals surface area contributed by atoms with Crippen LogP contribution >= 0.6 is 0 Å². The standard InChI is InChI=1S/C9H12N2O3/c1-2-6-3-4-7(10)9(14)11(6)5-8(12)13/h3-4H,2,5,10H2,1H3,(H,12,13)/p-1. The summed E-state index contributed by atoms with van der Waals surface area (Å²) in [5.41, 5.74) is 5.57. The van der Waals surface area contributed by atoms with Crippen molar-refractivity contribution in [2.75, 3.05) is 5.73 Å². The van der Waals surface area contributed by atoms with Crippen molar-refractivity contribution in [3.63, 3.8) is 0 Å². The van der Waals surface area contributed by atoms with E-state index in [9.17, 15) is 14.7 Å². The van der Waals surface area contributed by atoms with Gasteiger partial charge in [-0.25, -0.2) is 0 Å². The van der Waals surface area contributed by atoms with Crippen LogP contribution in [0.25, 0.3) is 0 Å². The third kappa shape index (κ3) is 1.93. The van der Waals surface area contributed by atoms with Gasteiger partial charge in [0.2, 0.25) is 0 Å². The number of aromatic nitrogens is 1. The highest BCUT2D eigenvalue weighted by molar-refractivity contribution is 5.64. The third-order valence-corrected chi connectivity index (χ3v) is 1.94. The molecule has 0 spiro atoms. The van der Waals surface area contributed by atoms with Gasteiger partial charge >= 0.3 is 0 Å². The van der Waals surface area contributed by atoms with Crippen LogP contribution in [0, 0.1) is 0 Å². The molecule has 5 nitrogen and oxygen atoms in total. The van der Waals surface area contributed by atoms with Crippen LogP contribution in [0.15, 0.2) is 16.9 Å². The quantitative estimate of drug-likeness (QED) is 0.652. The second kappa shape index (κ2) is 3.95. The number of aliphatic carboxylic acids is 1. The molecule has 0 aliphatic rings. The zero-order valence-electron chi connectivity index (χ0n) is 7.82. The summed E-state index contributed by atoms with van der Waals surface area (Å²) in [6.45, 7) is 1.38. The van der Waals surface area contributed by atoms with Gasteiger partial charge in [-0.15, -0.1) is 0 Å². The minimum Gasteiger partial charge on any atom is -0.548 e. The Hall–Kier alpha value is -1.78. The van der Waals surface area contributed by atoms with Crippen LogP contribution in [-0.4, -0.2) is 10.5 Å². The average Bonchev–Trinajstić information content (AvgIpc) is 2.13. The number of carbonyl (C=O) groups is 1. The molecule has 0 aliphatic heterocycles. The molecule has 1 aromatic heterocycles. The molecule has 2 N–H and O–H groups in total. The minimum absolute atomic E-state index is 0.0449. The monoisotopic (exact) mass is 195 g/mol. The molecule has 0 unspecified atom stereocenters. The molecule has 0 saturated heterocycles. The van der Waals surface area contributed by atoms with Crippen molar-refractivity contribution >= 4 is 11.7 Å². The number of nitrogen functional groups attached to an aromatic ring is 1. The van der Waals surface area contributed by atoms with Crippen molar-refractivity contribution in [2.24, 2.45) is 0 Å². The topological polar surface area (TPSA) is 88.2 Å². The van der Waals surface area contributed by atoms with Gasteiger partial charge in [-0.05, 0) is 18.6 Å². The van der Waals surface area contributed by atoms with E-state index in [2.05, 4.69) is 0 Å². The second-order valence-electron chi connectivity index (χ2n) is 2.90. The lowest BCUT2D eigenvalue weighted by Crippen LogP contribution is -2.35. The van der Waals surface area contributed by atoms with Crippen molar-refractivity contribution < 1.29 is 9.90 Å². The molecule has 0 atom stereocenters. The normalized spacial score (nSPS) is 10.1. The first-order valence-corrected chi connectivity index (χ1v) is 4.24. The Bertz CT molecular complexity index is 409. The van der Waals surface area contributed by atoms with Crippen LogP contribution in [0.1, 0.15) is 12.6 Å². The Kier molecular flexibility index (Phi) is 2.91. The zero-order chi connectivity index (χ0) is 10.7. The average molecular weight is 195 g/mol. The Labute approximate surface area is 80.8 Å². The Morgan fingerprint density at radius 2 is 2.21 bits per heavy atom. The van der Waals surface area contributed by atoms with E-state index in [1.54, 1.807) is 6.07 Å². The summed E-state index contributed by atoms with van der Waals surface area (Å²) in [5, 5.41) is 10.4. The van der Waals surface area contributed by atoms with E-state index in [4.69, 9.17) is 5.73 Å². The van der Waals surface area contributed by atoms with Crippen LogP contribution in [0.3, 0.4) is 0 Å². The van der Waals surface area contributed by atoms with Gasteiger partial charge in [0.1, 0.15) is 0 Å². The number of nitrogens with zero attached hydrogens (tertiary/aromatic N) is 1. The fraction of sp³-hybridized carbons (Fsp3) is 0.333. The van der Waals surface area contributed by atoms with Gasteiger partial charge < -0.3 is 20.2 Å². The van der Waals surface area contributed by atoms with Gasteiger partial charge in [0.15, 0.2) is 0 Å². The predicted molar refractivity (Wildman–Crippen MR) is 49.5 cm³/mol. The molecular formula is C9H11N2O3-. The summed E-state index contributed by atoms with van der Waals surface area (Å²) in [7, 11) is 0. The molecule has 76 valence electrons. The van der Waals surface area contributed by atoms with Crippen molar-refractivity contribution in [1.82, 2.24) is 4.57 Å². The number of nitrogens with two attached hydrogens (primary N) is 1. The molecule has 1 rings (SSSR count). The summed E-state index contributed by atoms with van der Waals surface area (Å²) in [6, 6.07) is 3.12. The Morgan fingerprint density at radius 1 is 1.57 bits per heavy atom. The molecule has 0 amide bonds. The highest BCUT2D eigenvalue weighted by atomic mass is 16.4. The molecule has 0 aromatic carbocycles. The molecule has 0 saturated carbocycles. The van der Waals surface area contributed by atoms with Crippen LogP contribution in [-0.2, 0) is 17.8 Å². The summed E-state index contributed by atoms with van der Waals surface area (Å²) < 4.78 is 1.12. The molecule has 0 bridgehead atoms. The molecule has 14 heavy (non-hydrogen) atoms. The summed E-state index contributed by atoms with van der Waals surface area (Å²) in [4.78, 5) is 21.8. The maximum Gasteiger partial charge on any atom is 0.274 e. The molecule has 0 fully saturated rings. The highest BCUT2D eigenvalue weighted by Crippen LogP contribution is 2.01. The highest BCUT2D eigenvalue weighted by Gasteiger charge is 2.04. The number of carbonyl (C=O) groups excluding carboxylic acids is 1. The number of pyridine rings is 1. The van der Waals surface area contributed by atoms with Gasteiger partial charge in [0.05, 0.1) is 18.2 Å². The maximum absolute atomic E-state index is 11.4. The summed E-state index contributed by atoms with van der Waals surface area (Å²) in [6.07, 6.45) is 0.572. The number of hydrogen-bond donors (Lipinski definition) is 1. The van der Waals surface area contributed by atoms with Crippen LogP contribution in [0.5, 0.6) is 0 Å². The maximum atomic E-state index is 11.4. The van der Waals surface area contributed by atoms with Gasteiger partial charge in [-0.2, -0.15) is 0 Å². The van der Waals surface area contributed by atoms with Crippen LogP contribution in [0.4, 0.5) is 5.69 Å².